The molecule has 0 saturated carbocycles. The van der Waals surface area contributed by atoms with Crippen LogP contribution >= 0.6 is 0 Å². The molecule has 3 amide bonds. The lowest BCUT2D eigenvalue weighted by molar-refractivity contribution is -0.149. The zero-order chi connectivity index (χ0) is 20.5. The molecule has 8 heteroatoms. The van der Waals surface area contributed by atoms with E-state index in [0.717, 1.165) is 37.2 Å². The van der Waals surface area contributed by atoms with Gasteiger partial charge in [0.2, 0.25) is 11.8 Å². The van der Waals surface area contributed by atoms with Gasteiger partial charge in [-0.2, -0.15) is 0 Å². The molecular formula is C21H25N3O5. The van der Waals surface area contributed by atoms with Crippen molar-refractivity contribution in [1.82, 2.24) is 10.2 Å². The van der Waals surface area contributed by atoms with E-state index in [4.69, 9.17) is 4.74 Å². The van der Waals surface area contributed by atoms with Crippen LogP contribution in [-0.4, -0.2) is 53.8 Å². The summed E-state index contributed by atoms with van der Waals surface area (Å²) in [6.45, 7) is 3.63. The van der Waals surface area contributed by atoms with E-state index in [9.17, 15) is 19.2 Å². The molecule has 1 unspecified atom stereocenters. The van der Waals surface area contributed by atoms with Crippen molar-refractivity contribution in [2.75, 3.05) is 18.0 Å². The van der Waals surface area contributed by atoms with E-state index in [1.165, 1.54) is 0 Å². The molecule has 0 spiro atoms. The largest absolute Gasteiger partial charge is 0.462 e. The number of anilines is 1. The van der Waals surface area contributed by atoms with Gasteiger partial charge in [-0.3, -0.25) is 24.5 Å². The highest BCUT2D eigenvalue weighted by atomic mass is 16.5. The summed E-state index contributed by atoms with van der Waals surface area (Å²) in [6.07, 6.45) is 2.42. The molecule has 1 atom stereocenters. The van der Waals surface area contributed by atoms with Crippen LogP contribution < -0.4 is 10.2 Å². The zero-order valence-electron chi connectivity index (χ0n) is 16.5. The minimum absolute atomic E-state index is 0.0583. The maximum absolute atomic E-state index is 12.9. The Kier molecular flexibility index (Phi) is 5.25. The molecule has 3 aliphatic rings. The molecule has 0 aliphatic carbocycles. The van der Waals surface area contributed by atoms with Crippen LogP contribution in [0.2, 0.25) is 0 Å². The van der Waals surface area contributed by atoms with Crippen LogP contribution in [0.1, 0.15) is 54.9 Å². The van der Waals surface area contributed by atoms with Crippen molar-refractivity contribution in [2.45, 2.75) is 57.7 Å². The summed E-state index contributed by atoms with van der Waals surface area (Å²) in [5.41, 5.74) is 2.53. The molecule has 0 bridgehead atoms. The molecule has 29 heavy (non-hydrogen) atoms. The molecule has 2 fully saturated rings. The van der Waals surface area contributed by atoms with Crippen molar-refractivity contribution < 1.29 is 23.9 Å². The van der Waals surface area contributed by atoms with E-state index >= 15 is 0 Å². The number of carbonyl (C=O) groups excluding carboxylic acids is 4. The Hall–Kier alpha value is -2.90. The van der Waals surface area contributed by atoms with Gasteiger partial charge in [-0.15, -0.1) is 0 Å². The van der Waals surface area contributed by atoms with Crippen LogP contribution in [0.3, 0.4) is 0 Å². The number of nitrogens with one attached hydrogen (secondary N) is 1. The van der Waals surface area contributed by atoms with Crippen LogP contribution in [-0.2, 0) is 25.7 Å². The van der Waals surface area contributed by atoms with Crippen molar-refractivity contribution in [3.63, 3.8) is 0 Å². The van der Waals surface area contributed by atoms with Crippen LogP contribution in [0.15, 0.2) is 18.2 Å². The Bertz CT molecular complexity index is 860. The van der Waals surface area contributed by atoms with Crippen molar-refractivity contribution in [3.8, 4) is 0 Å². The molecule has 8 nitrogen and oxygen atoms in total. The fourth-order valence-electron chi connectivity index (χ4n) is 4.35. The van der Waals surface area contributed by atoms with Crippen molar-refractivity contribution in [1.29, 1.82) is 0 Å². The van der Waals surface area contributed by atoms with Crippen LogP contribution in [0.4, 0.5) is 5.69 Å². The Morgan fingerprint density at radius 3 is 2.62 bits per heavy atom. The average molecular weight is 399 g/mol. The van der Waals surface area contributed by atoms with Gasteiger partial charge in [0.05, 0.1) is 0 Å². The predicted octanol–water partition coefficient (Wildman–Crippen LogP) is 1.37. The second-order valence-corrected chi connectivity index (χ2v) is 7.73. The van der Waals surface area contributed by atoms with Gasteiger partial charge < -0.3 is 14.5 Å². The normalized spacial score (nSPS) is 22.5. The third-order valence-electron chi connectivity index (χ3n) is 5.93. The number of rotatable bonds is 4. The molecule has 154 valence electrons. The molecule has 3 heterocycles. The number of ether oxygens (including phenoxy) is 1. The van der Waals surface area contributed by atoms with E-state index < -0.39 is 11.9 Å². The molecule has 4 rings (SSSR count). The van der Waals surface area contributed by atoms with E-state index in [1.807, 2.05) is 12.1 Å². The second kappa shape index (κ2) is 7.85. The number of benzene rings is 1. The monoisotopic (exact) mass is 399 g/mol. The van der Waals surface area contributed by atoms with E-state index in [-0.39, 0.29) is 30.3 Å². The SMILES string of the molecule is CCC(=O)OC1CCN(c2cccc3c2CN(C2CCC(=O)NC2=O)C3=O)CC1. The summed E-state index contributed by atoms with van der Waals surface area (Å²) >= 11 is 0. The van der Waals surface area contributed by atoms with E-state index in [1.54, 1.807) is 17.9 Å². The first-order chi connectivity index (χ1) is 14.0. The fourth-order valence-corrected chi connectivity index (χ4v) is 4.35. The first-order valence-electron chi connectivity index (χ1n) is 10.2. The van der Waals surface area contributed by atoms with Gasteiger partial charge >= 0.3 is 5.97 Å². The smallest absolute Gasteiger partial charge is 0.305 e. The van der Waals surface area contributed by atoms with E-state index in [2.05, 4.69) is 10.2 Å². The first-order valence-corrected chi connectivity index (χ1v) is 10.2. The molecule has 1 N–H and O–H groups in total. The van der Waals surface area contributed by atoms with Gasteiger partial charge in [-0.25, -0.2) is 0 Å². The average Bonchev–Trinajstić information content (AvgIpc) is 3.05. The summed E-state index contributed by atoms with van der Waals surface area (Å²) in [6, 6.07) is 5.05. The zero-order valence-corrected chi connectivity index (χ0v) is 16.5. The quantitative estimate of drug-likeness (QED) is 0.607. The Morgan fingerprint density at radius 2 is 1.93 bits per heavy atom. The number of imide groups is 1. The number of fused-ring (bicyclic) bond motifs is 1. The number of carbonyl (C=O) groups is 4. The molecule has 0 aromatic heterocycles. The molecule has 3 aliphatic heterocycles. The van der Waals surface area contributed by atoms with Gasteiger partial charge in [-0.1, -0.05) is 13.0 Å². The lowest BCUT2D eigenvalue weighted by Gasteiger charge is -2.34. The van der Waals surface area contributed by atoms with Gasteiger partial charge in [0.15, 0.2) is 0 Å². The third kappa shape index (κ3) is 3.71. The molecule has 1 aromatic rings. The fraction of sp³-hybridized carbons (Fsp3) is 0.524. The summed E-state index contributed by atoms with van der Waals surface area (Å²) in [4.78, 5) is 51.9. The van der Waals surface area contributed by atoms with Gasteiger partial charge in [0.25, 0.3) is 5.91 Å². The summed E-state index contributed by atoms with van der Waals surface area (Å²) in [5, 5.41) is 2.33. The van der Waals surface area contributed by atoms with Crippen molar-refractivity contribution in [3.05, 3.63) is 29.3 Å². The van der Waals surface area contributed by atoms with Crippen LogP contribution in [0.25, 0.3) is 0 Å². The summed E-state index contributed by atoms with van der Waals surface area (Å²) in [7, 11) is 0. The number of amides is 3. The summed E-state index contributed by atoms with van der Waals surface area (Å²) in [5.74, 6) is -1.03. The van der Waals surface area contributed by atoms with Gasteiger partial charge in [0, 0.05) is 62.1 Å². The van der Waals surface area contributed by atoms with Crippen molar-refractivity contribution in [2.24, 2.45) is 0 Å². The Labute approximate surface area is 169 Å². The van der Waals surface area contributed by atoms with Crippen molar-refractivity contribution >= 4 is 29.4 Å². The van der Waals surface area contributed by atoms with Gasteiger partial charge in [-0.05, 0) is 18.6 Å². The summed E-state index contributed by atoms with van der Waals surface area (Å²) < 4.78 is 5.45. The maximum Gasteiger partial charge on any atom is 0.305 e. The topological polar surface area (TPSA) is 96.0 Å². The number of hydrogen-bond acceptors (Lipinski definition) is 6. The highest BCUT2D eigenvalue weighted by molar-refractivity contribution is 6.06. The maximum atomic E-state index is 12.9. The standard InChI is InChI=1S/C21H25N3O5/c1-2-19(26)29-13-8-10-23(11-9-13)16-5-3-4-14-15(16)12-24(21(14)28)17-6-7-18(25)22-20(17)27/h3-5,13,17H,2,6-12H2,1H3,(H,22,25,27). The lowest BCUT2D eigenvalue weighted by Crippen LogP contribution is -2.52. The van der Waals surface area contributed by atoms with Crippen LogP contribution in [0.5, 0.6) is 0 Å². The number of esters is 1. The lowest BCUT2D eigenvalue weighted by atomic mass is 10.0. The van der Waals surface area contributed by atoms with E-state index in [0.29, 0.717) is 24.9 Å². The highest BCUT2D eigenvalue weighted by Gasteiger charge is 2.40. The minimum atomic E-state index is -0.611. The Morgan fingerprint density at radius 1 is 1.17 bits per heavy atom. The predicted molar refractivity (Wildman–Crippen MR) is 104 cm³/mol. The third-order valence-corrected chi connectivity index (χ3v) is 5.93. The molecular weight excluding hydrogens is 374 g/mol. The Balaban J connectivity index is 1.48. The van der Waals surface area contributed by atoms with Gasteiger partial charge in [0.1, 0.15) is 12.1 Å². The number of piperidine rings is 2. The number of nitrogens with zero attached hydrogens (tertiary/aromatic N) is 2. The molecule has 0 radical (unpaired) electrons. The molecule has 2 saturated heterocycles. The first kappa shape index (κ1) is 19.4. The molecule has 1 aromatic carbocycles. The van der Waals surface area contributed by atoms with Crippen LogP contribution in [0, 0.1) is 0 Å². The second-order valence-electron chi connectivity index (χ2n) is 7.73. The number of hydrogen-bond donors (Lipinski definition) is 1. The minimum Gasteiger partial charge on any atom is -0.462 e. The highest BCUT2D eigenvalue weighted by Crippen LogP contribution is 2.35.